The topological polar surface area (TPSA) is 73.4 Å². The molecule has 2 aliphatic heterocycles. The molecular weight excluding hydrogens is 453 g/mol. The van der Waals surface area contributed by atoms with Gasteiger partial charge in [0.15, 0.2) is 0 Å². The molecule has 8 nitrogen and oxygen atoms in total. The van der Waals surface area contributed by atoms with Crippen molar-refractivity contribution >= 4 is 11.8 Å². The zero-order valence-electron chi connectivity index (χ0n) is 20.9. The van der Waals surface area contributed by atoms with Crippen LogP contribution in [0.15, 0.2) is 30.3 Å². The number of hydrogen-bond acceptors (Lipinski definition) is 7. The summed E-state index contributed by atoms with van der Waals surface area (Å²) in [5, 5.41) is 0. The first-order chi connectivity index (χ1) is 16.7. The number of hydrogen-bond donors (Lipinski definition) is 0. The molecule has 3 heterocycles. The van der Waals surface area contributed by atoms with Gasteiger partial charge in [0.2, 0.25) is 11.8 Å². The van der Waals surface area contributed by atoms with E-state index >= 15 is 0 Å². The molecule has 1 aromatic heterocycles. The van der Waals surface area contributed by atoms with Crippen LogP contribution in [0.4, 0.5) is 14.9 Å². The van der Waals surface area contributed by atoms with Crippen molar-refractivity contribution in [2.75, 3.05) is 51.0 Å². The third-order valence-corrected chi connectivity index (χ3v) is 5.82. The number of morpholine rings is 1. The molecule has 9 heteroatoms. The predicted octanol–water partition coefficient (Wildman–Crippen LogP) is 4.04. The quantitative estimate of drug-likeness (QED) is 0.609. The molecule has 0 spiro atoms. The lowest BCUT2D eigenvalue weighted by Gasteiger charge is -2.36. The van der Waals surface area contributed by atoms with Crippen molar-refractivity contribution in [1.82, 2.24) is 9.88 Å². The Morgan fingerprint density at radius 3 is 2.60 bits per heavy atom. The number of aromatic nitrogens is 1. The van der Waals surface area contributed by atoms with E-state index in [-0.39, 0.29) is 11.9 Å². The molecule has 4 rings (SSSR count). The Labute approximate surface area is 205 Å². The number of rotatable bonds is 6. The van der Waals surface area contributed by atoms with E-state index < -0.39 is 11.7 Å². The van der Waals surface area contributed by atoms with Gasteiger partial charge in [-0.1, -0.05) is 12.1 Å². The zero-order chi connectivity index (χ0) is 25.0. The highest BCUT2D eigenvalue weighted by atomic mass is 19.1. The minimum atomic E-state index is -0.637. The maximum absolute atomic E-state index is 13.5. The molecule has 2 aliphatic rings. The average Bonchev–Trinajstić information content (AvgIpc) is 2.80. The predicted molar refractivity (Wildman–Crippen MR) is 130 cm³/mol. The maximum atomic E-state index is 13.5. The summed E-state index contributed by atoms with van der Waals surface area (Å²) in [7, 11) is 0. The SMILES string of the molecule is C[C@H]1COc2nc(OCCN3CCOCC3)c(Cc3ccc(F)cc3)cc2N1C(=O)OC(C)(C)C. The second-order valence-electron chi connectivity index (χ2n) is 9.89. The fourth-order valence-electron chi connectivity index (χ4n) is 4.06. The molecule has 1 amide bonds. The molecule has 0 radical (unpaired) electrons. The lowest BCUT2D eigenvalue weighted by Crippen LogP contribution is -2.47. The van der Waals surface area contributed by atoms with Gasteiger partial charge in [0.05, 0.1) is 19.3 Å². The molecular formula is C26H34FN3O5. The van der Waals surface area contributed by atoms with E-state index in [1.165, 1.54) is 12.1 Å². The molecule has 0 N–H and O–H groups in total. The Bertz CT molecular complexity index is 1020. The Morgan fingerprint density at radius 1 is 1.20 bits per heavy atom. The monoisotopic (exact) mass is 487 g/mol. The summed E-state index contributed by atoms with van der Waals surface area (Å²) in [6, 6.07) is 7.96. The molecule has 0 saturated carbocycles. The van der Waals surface area contributed by atoms with Crippen LogP contribution in [-0.2, 0) is 15.9 Å². The average molecular weight is 488 g/mol. The van der Waals surface area contributed by atoms with Crippen molar-refractivity contribution in [3.63, 3.8) is 0 Å². The van der Waals surface area contributed by atoms with E-state index in [4.69, 9.17) is 18.9 Å². The number of amides is 1. The van der Waals surface area contributed by atoms with E-state index in [2.05, 4.69) is 9.88 Å². The number of carbonyl (C=O) groups is 1. The first kappa shape index (κ1) is 25.2. The minimum absolute atomic E-state index is 0.231. The number of carbonyl (C=O) groups excluding carboxylic acids is 1. The van der Waals surface area contributed by atoms with Gasteiger partial charge in [-0.2, -0.15) is 4.98 Å². The first-order valence-corrected chi connectivity index (χ1v) is 12.1. The fraction of sp³-hybridized carbons (Fsp3) is 0.538. The Morgan fingerprint density at radius 2 is 1.91 bits per heavy atom. The molecule has 35 heavy (non-hydrogen) atoms. The zero-order valence-corrected chi connectivity index (χ0v) is 20.9. The number of anilines is 1. The molecule has 0 bridgehead atoms. The van der Waals surface area contributed by atoms with Gasteiger partial charge in [0, 0.05) is 31.6 Å². The van der Waals surface area contributed by atoms with Gasteiger partial charge < -0.3 is 18.9 Å². The standard InChI is InChI=1S/C26H34FN3O5/c1-18-17-34-24-22(30(18)25(31)35-26(2,3)4)16-20(15-19-5-7-21(27)8-6-19)23(28-24)33-14-11-29-9-12-32-13-10-29/h5-8,16,18H,9-15,17H2,1-4H3/t18-/m0/s1. The Balaban J connectivity index is 1.62. The van der Waals surface area contributed by atoms with Crippen LogP contribution >= 0.6 is 0 Å². The molecule has 0 aliphatic carbocycles. The normalized spacial score (nSPS) is 18.5. The van der Waals surface area contributed by atoms with Gasteiger partial charge in [-0.25, -0.2) is 9.18 Å². The van der Waals surface area contributed by atoms with Gasteiger partial charge in [0.25, 0.3) is 0 Å². The lowest BCUT2D eigenvalue weighted by atomic mass is 10.0. The second-order valence-corrected chi connectivity index (χ2v) is 9.89. The number of halogens is 1. The highest BCUT2D eigenvalue weighted by molar-refractivity contribution is 5.91. The highest BCUT2D eigenvalue weighted by Gasteiger charge is 2.35. The molecule has 2 aromatic rings. The third-order valence-electron chi connectivity index (χ3n) is 5.82. The van der Waals surface area contributed by atoms with E-state index in [1.54, 1.807) is 17.0 Å². The summed E-state index contributed by atoms with van der Waals surface area (Å²) < 4.78 is 36.5. The summed E-state index contributed by atoms with van der Waals surface area (Å²) in [5.41, 5.74) is 1.58. The molecule has 190 valence electrons. The molecule has 1 aromatic carbocycles. The van der Waals surface area contributed by atoms with E-state index in [1.807, 2.05) is 33.8 Å². The third kappa shape index (κ3) is 6.61. The number of ether oxygens (including phenoxy) is 4. The van der Waals surface area contributed by atoms with Crippen LogP contribution in [-0.4, -0.2) is 73.7 Å². The first-order valence-electron chi connectivity index (χ1n) is 12.1. The van der Waals surface area contributed by atoms with Gasteiger partial charge >= 0.3 is 6.09 Å². The van der Waals surface area contributed by atoms with Crippen LogP contribution < -0.4 is 14.4 Å². The second kappa shape index (κ2) is 10.8. The number of nitrogens with zero attached hydrogens (tertiary/aromatic N) is 3. The van der Waals surface area contributed by atoms with Crippen molar-refractivity contribution in [2.45, 2.75) is 45.8 Å². The summed E-state index contributed by atoms with van der Waals surface area (Å²) in [4.78, 5) is 21.6. The van der Waals surface area contributed by atoms with Crippen LogP contribution in [0.2, 0.25) is 0 Å². The van der Waals surface area contributed by atoms with Crippen LogP contribution in [0, 0.1) is 5.82 Å². The van der Waals surface area contributed by atoms with Gasteiger partial charge in [-0.15, -0.1) is 0 Å². The number of benzene rings is 1. The van der Waals surface area contributed by atoms with Crippen molar-refractivity contribution in [3.8, 4) is 11.8 Å². The van der Waals surface area contributed by atoms with Gasteiger partial charge in [-0.05, 0) is 51.5 Å². The van der Waals surface area contributed by atoms with E-state index in [0.717, 1.165) is 44.0 Å². The van der Waals surface area contributed by atoms with Gasteiger partial charge in [0.1, 0.15) is 30.3 Å². The summed E-state index contributed by atoms with van der Waals surface area (Å²) >= 11 is 0. The largest absolute Gasteiger partial charge is 0.476 e. The number of fused-ring (bicyclic) bond motifs is 1. The van der Waals surface area contributed by atoms with Crippen molar-refractivity contribution < 1.29 is 28.1 Å². The smallest absolute Gasteiger partial charge is 0.415 e. The maximum Gasteiger partial charge on any atom is 0.415 e. The molecule has 1 atom stereocenters. The van der Waals surface area contributed by atoms with Crippen molar-refractivity contribution in [1.29, 1.82) is 0 Å². The van der Waals surface area contributed by atoms with E-state index in [0.29, 0.717) is 37.1 Å². The van der Waals surface area contributed by atoms with Crippen LogP contribution in [0.5, 0.6) is 11.8 Å². The minimum Gasteiger partial charge on any atom is -0.476 e. The highest BCUT2D eigenvalue weighted by Crippen LogP contribution is 2.38. The van der Waals surface area contributed by atoms with Crippen LogP contribution in [0.3, 0.4) is 0 Å². The van der Waals surface area contributed by atoms with Crippen LogP contribution in [0.25, 0.3) is 0 Å². The summed E-state index contributed by atoms with van der Waals surface area (Å²) in [5.74, 6) is 0.482. The molecule has 0 unspecified atom stereocenters. The molecule has 1 fully saturated rings. The Hall–Kier alpha value is -2.91. The molecule has 1 saturated heterocycles. The van der Waals surface area contributed by atoms with Gasteiger partial charge in [-0.3, -0.25) is 9.80 Å². The van der Waals surface area contributed by atoms with Crippen LogP contribution in [0.1, 0.15) is 38.8 Å². The van der Waals surface area contributed by atoms with Crippen molar-refractivity contribution in [3.05, 3.63) is 47.3 Å². The summed E-state index contributed by atoms with van der Waals surface area (Å²) in [6.45, 7) is 12.1. The summed E-state index contributed by atoms with van der Waals surface area (Å²) in [6.07, 6.45) is 0.00865. The van der Waals surface area contributed by atoms with Crippen molar-refractivity contribution in [2.24, 2.45) is 0 Å². The Kier molecular flexibility index (Phi) is 7.76. The van der Waals surface area contributed by atoms with E-state index in [9.17, 15) is 9.18 Å². The lowest BCUT2D eigenvalue weighted by molar-refractivity contribution is 0.0319. The fourth-order valence-corrected chi connectivity index (χ4v) is 4.06. The number of pyridine rings is 1.